The summed E-state index contributed by atoms with van der Waals surface area (Å²) in [5.74, 6) is -0.0248. The van der Waals surface area contributed by atoms with Crippen molar-refractivity contribution in [3.8, 4) is 0 Å². The molecule has 4 rings (SSSR count). The second-order valence-electron chi connectivity index (χ2n) is 8.56. The van der Waals surface area contributed by atoms with Gasteiger partial charge in [0.05, 0.1) is 22.8 Å². The molecule has 1 heterocycles. The summed E-state index contributed by atoms with van der Waals surface area (Å²) in [7, 11) is 0. The van der Waals surface area contributed by atoms with Crippen molar-refractivity contribution in [3.05, 3.63) is 104 Å². The lowest BCUT2D eigenvalue weighted by Gasteiger charge is -2.36. The predicted octanol–water partition coefficient (Wildman–Crippen LogP) is 6.67. The van der Waals surface area contributed by atoms with Crippen LogP contribution >= 0.6 is 34.8 Å². The highest BCUT2D eigenvalue weighted by Gasteiger charge is 2.25. The largest absolute Gasteiger partial charge is 0.368 e. The lowest BCUT2D eigenvalue weighted by Crippen LogP contribution is -2.49. The Hall–Kier alpha value is -2.08. The van der Waals surface area contributed by atoms with Crippen molar-refractivity contribution in [3.63, 3.8) is 0 Å². The average Bonchev–Trinajstić information content (AvgIpc) is 2.84. The van der Waals surface area contributed by atoms with Gasteiger partial charge in [-0.05, 0) is 48.4 Å². The zero-order valence-electron chi connectivity index (χ0n) is 19.0. The number of amides is 1. The van der Waals surface area contributed by atoms with Gasteiger partial charge in [0, 0.05) is 43.3 Å². The minimum atomic E-state index is -0.102. The molecule has 0 radical (unpaired) electrons. The van der Waals surface area contributed by atoms with Crippen LogP contribution in [0.1, 0.15) is 33.2 Å². The van der Waals surface area contributed by atoms with Crippen molar-refractivity contribution in [2.24, 2.45) is 0 Å². The fourth-order valence-corrected chi connectivity index (χ4v) is 4.53. The number of benzene rings is 3. The van der Waals surface area contributed by atoms with Crippen molar-refractivity contribution in [1.82, 2.24) is 9.80 Å². The molecule has 7 heteroatoms. The first-order chi connectivity index (χ1) is 16.4. The molecule has 0 aliphatic carbocycles. The summed E-state index contributed by atoms with van der Waals surface area (Å²) in [6.07, 6.45) is -0.102. The molecule has 4 nitrogen and oxygen atoms in total. The fraction of sp³-hybridized carbons (Fsp3) is 0.296. The summed E-state index contributed by atoms with van der Waals surface area (Å²) in [5.41, 5.74) is 4.01. The van der Waals surface area contributed by atoms with E-state index in [9.17, 15) is 4.79 Å². The van der Waals surface area contributed by atoms with Crippen LogP contribution in [0.15, 0.2) is 66.7 Å². The maximum absolute atomic E-state index is 12.9. The molecule has 1 aliphatic rings. The molecule has 3 aromatic rings. The van der Waals surface area contributed by atoms with E-state index in [1.54, 1.807) is 18.2 Å². The van der Waals surface area contributed by atoms with Crippen molar-refractivity contribution in [2.75, 3.05) is 32.7 Å². The second-order valence-corrected chi connectivity index (χ2v) is 9.81. The van der Waals surface area contributed by atoms with Gasteiger partial charge in [0.25, 0.3) is 5.91 Å². The lowest BCUT2D eigenvalue weighted by atomic mass is 10.1. The summed E-state index contributed by atoms with van der Waals surface area (Å²) in [5, 5.41) is 1.54. The minimum Gasteiger partial charge on any atom is -0.368 e. The Labute approximate surface area is 216 Å². The topological polar surface area (TPSA) is 32.8 Å². The molecular weight excluding hydrogens is 491 g/mol. The molecule has 34 heavy (non-hydrogen) atoms. The Morgan fingerprint density at radius 2 is 1.65 bits per heavy atom. The summed E-state index contributed by atoms with van der Waals surface area (Å²) >= 11 is 18.2. The van der Waals surface area contributed by atoms with E-state index in [4.69, 9.17) is 39.5 Å². The van der Waals surface area contributed by atoms with Gasteiger partial charge in [0.15, 0.2) is 0 Å². The fourth-order valence-electron chi connectivity index (χ4n) is 4.11. The normalized spacial score (nSPS) is 15.4. The van der Waals surface area contributed by atoms with Crippen LogP contribution in [0.5, 0.6) is 0 Å². The molecule has 1 unspecified atom stereocenters. The van der Waals surface area contributed by atoms with E-state index in [1.807, 2.05) is 29.2 Å². The van der Waals surface area contributed by atoms with E-state index in [1.165, 1.54) is 5.56 Å². The van der Waals surface area contributed by atoms with Crippen LogP contribution in [-0.2, 0) is 11.3 Å². The molecule has 3 aromatic carbocycles. The van der Waals surface area contributed by atoms with Crippen LogP contribution in [0.25, 0.3) is 0 Å². The molecule has 1 fully saturated rings. The molecule has 1 saturated heterocycles. The van der Waals surface area contributed by atoms with Gasteiger partial charge in [0.1, 0.15) is 0 Å². The van der Waals surface area contributed by atoms with E-state index in [0.717, 1.165) is 30.8 Å². The summed E-state index contributed by atoms with van der Waals surface area (Å²) in [6, 6.07) is 21.2. The molecule has 0 aromatic heterocycles. The van der Waals surface area contributed by atoms with E-state index >= 15 is 0 Å². The van der Waals surface area contributed by atoms with E-state index < -0.39 is 0 Å². The number of hydrogen-bond acceptors (Lipinski definition) is 3. The second kappa shape index (κ2) is 11.6. The maximum atomic E-state index is 12.9. The SMILES string of the molecule is Cc1cccc(COC(CN2CCN(C(=O)c3ccc(Cl)c(Cl)c3)CC2)c2ccc(Cl)cc2)c1. The van der Waals surface area contributed by atoms with Gasteiger partial charge in [0.2, 0.25) is 0 Å². The number of nitrogens with zero attached hydrogens (tertiary/aromatic N) is 2. The Morgan fingerprint density at radius 1 is 0.912 bits per heavy atom. The van der Waals surface area contributed by atoms with Crippen LogP contribution < -0.4 is 0 Å². The van der Waals surface area contributed by atoms with Crippen LogP contribution in [0.3, 0.4) is 0 Å². The quantitative estimate of drug-likeness (QED) is 0.351. The summed E-state index contributed by atoms with van der Waals surface area (Å²) in [6.45, 7) is 6.18. The molecule has 0 saturated carbocycles. The molecule has 0 bridgehead atoms. The van der Waals surface area contributed by atoms with Gasteiger partial charge in [-0.25, -0.2) is 0 Å². The number of halogens is 3. The highest BCUT2D eigenvalue weighted by atomic mass is 35.5. The van der Waals surface area contributed by atoms with E-state index in [-0.39, 0.29) is 12.0 Å². The van der Waals surface area contributed by atoms with Crippen LogP contribution in [0, 0.1) is 6.92 Å². The van der Waals surface area contributed by atoms with Crippen LogP contribution in [0.4, 0.5) is 0 Å². The third-order valence-corrected chi connectivity index (χ3v) is 7.02. The minimum absolute atomic E-state index is 0.0248. The third kappa shape index (κ3) is 6.53. The van der Waals surface area contributed by atoms with Crippen molar-refractivity contribution < 1.29 is 9.53 Å². The Bertz CT molecular complexity index is 1130. The van der Waals surface area contributed by atoms with Gasteiger partial charge in [-0.2, -0.15) is 0 Å². The first-order valence-corrected chi connectivity index (χ1v) is 12.4. The zero-order chi connectivity index (χ0) is 24.1. The third-order valence-electron chi connectivity index (χ3n) is 6.03. The average molecular weight is 518 g/mol. The predicted molar refractivity (Wildman–Crippen MR) is 139 cm³/mol. The summed E-state index contributed by atoms with van der Waals surface area (Å²) < 4.78 is 6.39. The summed E-state index contributed by atoms with van der Waals surface area (Å²) in [4.78, 5) is 17.1. The molecule has 1 aliphatic heterocycles. The van der Waals surface area contributed by atoms with Gasteiger partial charge in [-0.3, -0.25) is 9.69 Å². The number of hydrogen-bond donors (Lipinski definition) is 0. The van der Waals surface area contributed by atoms with Crippen molar-refractivity contribution >= 4 is 40.7 Å². The molecule has 0 spiro atoms. The zero-order valence-corrected chi connectivity index (χ0v) is 21.3. The number of aryl methyl sites for hydroxylation is 1. The standard InChI is InChI=1S/C27H27Cl3N2O2/c1-19-3-2-4-20(15-19)18-34-26(21-5-8-23(28)9-6-21)17-31-11-13-32(14-12-31)27(33)22-7-10-24(29)25(30)16-22/h2-10,15-16,26H,11-14,17-18H2,1H3. The number of carbonyl (C=O) groups is 1. The Morgan fingerprint density at radius 3 is 2.32 bits per heavy atom. The number of piperazine rings is 1. The van der Waals surface area contributed by atoms with Gasteiger partial charge in [-0.1, -0.05) is 76.8 Å². The van der Waals surface area contributed by atoms with Gasteiger partial charge >= 0.3 is 0 Å². The highest BCUT2D eigenvalue weighted by molar-refractivity contribution is 6.42. The van der Waals surface area contributed by atoms with Gasteiger partial charge in [-0.15, -0.1) is 0 Å². The first-order valence-electron chi connectivity index (χ1n) is 11.3. The highest BCUT2D eigenvalue weighted by Crippen LogP contribution is 2.25. The Balaban J connectivity index is 1.39. The molecular formula is C27H27Cl3N2O2. The number of rotatable bonds is 7. The molecule has 178 valence electrons. The van der Waals surface area contributed by atoms with Crippen molar-refractivity contribution in [1.29, 1.82) is 0 Å². The van der Waals surface area contributed by atoms with E-state index in [0.29, 0.717) is 40.3 Å². The van der Waals surface area contributed by atoms with Crippen molar-refractivity contribution in [2.45, 2.75) is 19.6 Å². The molecule has 1 amide bonds. The first kappa shape index (κ1) is 25.0. The van der Waals surface area contributed by atoms with Crippen LogP contribution in [-0.4, -0.2) is 48.4 Å². The smallest absolute Gasteiger partial charge is 0.253 e. The maximum Gasteiger partial charge on any atom is 0.253 e. The number of ether oxygens (including phenoxy) is 1. The number of carbonyl (C=O) groups excluding carboxylic acids is 1. The lowest BCUT2D eigenvalue weighted by molar-refractivity contribution is 0.00341. The molecule has 0 N–H and O–H groups in total. The van der Waals surface area contributed by atoms with Crippen LogP contribution in [0.2, 0.25) is 15.1 Å². The van der Waals surface area contributed by atoms with Gasteiger partial charge < -0.3 is 9.64 Å². The monoisotopic (exact) mass is 516 g/mol. The van der Waals surface area contributed by atoms with E-state index in [2.05, 4.69) is 36.1 Å². The molecule has 1 atom stereocenters. The Kier molecular flexibility index (Phi) is 8.51.